The maximum atomic E-state index is 13.0. The van der Waals surface area contributed by atoms with Gasteiger partial charge >= 0.3 is 0 Å². The summed E-state index contributed by atoms with van der Waals surface area (Å²) in [5.41, 5.74) is 2.53. The van der Waals surface area contributed by atoms with E-state index in [4.69, 9.17) is 0 Å². The Kier molecular flexibility index (Phi) is 5.88. The molecule has 3 amide bonds. The zero-order chi connectivity index (χ0) is 21.8. The third kappa shape index (κ3) is 4.23. The number of aromatic nitrogens is 2. The number of hydrogen-bond acceptors (Lipinski definition) is 5. The lowest BCUT2D eigenvalue weighted by Gasteiger charge is -2.23. The first-order chi connectivity index (χ1) is 15.1. The van der Waals surface area contributed by atoms with Gasteiger partial charge in [0.25, 0.3) is 5.91 Å². The van der Waals surface area contributed by atoms with Gasteiger partial charge < -0.3 is 15.5 Å². The van der Waals surface area contributed by atoms with Crippen LogP contribution in [-0.4, -0.2) is 58.8 Å². The van der Waals surface area contributed by atoms with Gasteiger partial charge in [-0.3, -0.25) is 19.4 Å². The van der Waals surface area contributed by atoms with Crippen LogP contribution in [0, 0.1) is 0 Å². The fraction of sp³-hybridized carbons (Fsp3) is 0.261. The Morgan fingerprint density at radius 3 is 2.77 bits per heavy atom. The van der Waals surface area contributed by atoms with Crippen LogP contribution in [0.15, 0.2) is 54.9 Å². The van der Waals surface area contributed by atoms with Gasteiger partial charge in [-0.25, -0.2) is 4.98 Å². The predicted molar refractivity (Wildman–Crippen MR) is 116 cm³/mol. The van der Waals surface area contributed by atoms with Crippen molar-refractivity contribution in [3.63, 3.8) is 0 Å². The topological polar surface area (TPSA) is 104 Å². The molecule has 4 rings (SSSR count). The molecular weight excluding hydrogens is 394 g/mol. The van der Waals surface area contributed by atoms with Gasteiger partial charge in [0.05, 0.1) is 23.3 Å². The summed E-state index contributed by atoms with van der Waals surface area (Å²) in [7, 11) is 1.56. The molecule has 8 nitrogen and oxygen atoms in total. The Hall–Kier alpha value is -3.81. The zero-order valence-corrected chi connectivity index (χ0v) is 17.2. The quantitative estimate of drug-likeness (QED) is 0.658. The highest BCUT2D eigenvalue weighted by Crippen LogP contribution is 2.24. The number of likely N-dealkylation sites (tertiary alicyclic amines) is 1. The second-order valence-corrected chi connectivity index (χ2v) is 7.36. The number of para-hydroxylation sites is 1. The summed E-state index contributed by atoms with van der Waals surface area (Å²) in [6.45, 7) is 0.335. The van der Waals surface area contributed by atoms with E-state index >= 15 is 0 Å². The standard InChI is InChI=1S/C23H23N5O3/c1-24-23(31)20-9-5-11-28(20)21(29)14-26-22(30)17-12-19(15-6-4-10-25-13-15)27-18-8-3-2-7-16(17)18/h2-4,6-8,10,12-13,20H,5,9,11,14H2,1H3,(H,24,31)(H,26,30). The fourth-order valence-electron chi connectivity index (χ4n) is 3.88. The minimum Gasteiger partial charge on any atom is -0.357 e. The predicted octanol–water partition coefficient (Wildman–Crippen LogP) is 1.76. The highest BCUT2D eigenvalue weighted by atomic mass is 16.2. The molecule has 2 N–H and O–H groups in total. The highest BCUT2D eigenvalue weighted by molar-refractivity contribution is 6.08. The van der Waals surface area contributed by atoms with E-state index in [0.717, 1.165) is 12.0 Å². The van der Waals surface area contributed by atoms with Crippen LogP contribution in [0.1, 0.15) is 23.2 Å². The molecule has 1 aliphatic heterocycles. The van der Waals surface area contributed by atoms with Crippen LogP contribution in [0.5, 0.6) is 0 Å². The van der Waals surface area contributed by atoms with Gasteiger partial charge in [-0.2, -0.15) is 0 Å². The zero-order valence-electron chi connectivity index (χ0n) is 17.2. The summed E-state index contributed by atoms with van der Waals surface area (Å²) >= 11 is 0. The van der Waals surface area contributed by atoms with E-state index in [2.05, 4.69) is 20.6 Å². The molecule has 3 aromatic rings. The third-order valence-electron chi connectivity index (χ3n) is 5.44. The second-order valence-electron chi connectivity index (χ2n) is 7.36. The van der Waals surface area contributed by atoms with Crippen LogP contribution in [-0.2, 0) is 9.59 Å². The van der Waals surface area contributed by atoms with Gasteiger partial charge in [-0.1, -0.05) is 18.2 Å². The molecule has 0 saturated carbocycles. The van der Waals surface area contributed by atoms with E-state index in [1.807, 2.05) is 36.4 Å². The van der Waals surface area contributed by atoms with Gasteiger partial charge in [0.2, 0.25) is 11.8 Å². The minimum atomic E-state index is -0.478. The number of pyridine rings is 2. The summed E-state index contributed by atoms with van der Waals surface area (Å²) in [5, 5.41) is 6.01. The largest absolute Gasteiger partial charge is 0.357 e. The molecule has 0 aliphatic carbocycles. The number of benzene rings is 1. The number of hydrogen-bond donors (Lipinski definition) is 2. The monoisotopic (exact) mass is 417 g/mol. The van der Waals surface area contributed by atoms with E-state index in [-0.39, 0.29) is 24.3 Å². The smallest absolute Gasteiger partial charge is 0.252 e. The molecule has 1 fully saturated rings. The normalized spacial score (nSPS) is 15.6. The highest BCUT2D eigenvalue weighted by Gasteiger charge is 2.33. The Labute approximate surface area is 179 Å². The molecule has 1 atom stereocenters. The second kappa shape index (κ2) is 8.91. The molecular formula is C23H23N5O3. The number of rotatable bonds is 5. The number of fused-ring (bicyclic) bond motifs is 1. The van der Waals surface area contributed by atoms with E-state index in [1.165, 1.54) is 4.90 Å². The Morgan fingerprint density at radius 2 is 2.00 bits per heavy atom. The van der Waals surface area contributed by atoms with E-state index in [1.54, 1.807) is 25.5 Å². The molecule has 1 saturated heterocycles. The maximum absolute atomic E-state index is 13.0. The van der Waals surface area contributed by atoms with Crippen LogP contribution in [0.4, 0.5) is 0 Å². The summed E-state index contributed by atoms with van der Waals surface area (Å²) in [6, 6.07) is 12.3. The first-order valence-electron chi connectivity index (χ1n) is 10.2. The van der Waals surface area contributed by atoms with Crippen molar-refractivity contribution in [3.05, 3.63) is 60.4 Å². The molecule has 0 spiro atoms. The lowest BCUT2D eigenvalue weighted by molar-refractivity contribution is -0.137. The molecule has 1 aromatic carbocycles. The first-order valence-corrected chi connectivity index (χ1v) is 10.2. The Bertz CT molecular complexity index is 1130. The summed E-state index contributed by atoms with van der Waals surface area (Å²) in [4.78, 5) is 48.0. The molecule has 0 radical (unpaired) electrons. The molecule has 158 valence electrons. The van der Waals surface area contributed by atoms with Crippen LogP contribution >= 0.6 is 0 Å². The lowest BCUT2D eigenvalue weighted by Crippen LogP contribution is -2.48. The summed E-state index contributed by atoms with van der Waals surface area (Å²) in [6.07, 6.45) is 4.76. The van der Waals surface area contributed by atoms with Gasteiger partial charge in [-0.05, 0) is 37.1 Å². The molecule has 0 bridgehead atoms. The van der Waals surface area contributed by atoms with E-state index < -0.39 is 6.04 Å². The Morgan fingerprint density at radius 1 is 1.16 bits per heavy atom. The van der Waals surface area contributed by atoms with Crippen LogP contribution in [0.25, 0.3) is 22.2 Å². The number of nitrogens with one attached hydrogen (secondary N) is 2. The first kappa shape index (κ1) is 20.5. The molecule has 1 aliphatic rings. The van der Waals surface area contributed by atoms with Gasteiger partial charge in [0.1, 0.15) is 6.04 Å². The summed E-state index contributed by atoms with van der Waals surface area (Å²) < 4.78 is 0. The number of carbonyl (C=O) groups is 3. The molecule has 8 heteroatoms. The van der Waals surface area contributed by atoms with Crippen molar-refractivity contribution in [3.8, 4) is 11.3 Å². The maximum Gasteiger partial charge on any atom is 0.252 e. The van der Waals surface area contributed by atoms with Crippen molar-refractivity contribution in [2.24, 2.45) is 0 Å². The number of likely N-dealkylation sites (N-methyl/N-ethyl adjacent to an activating group) is 1. The average Bonchev–Trinajstić information content (AvgIpc) is 3.32. The summed E-state index contributed by atoms with van der Waals surface area (Å²) in [5.74, 6) is -0.823. The van der Waals surface area contributed by atoms with E-state index in [0.29, 0.717) is 35.1 Å². The lowest BCUT2D eigenvalue weighted by atomic mass is 10.0. The van der Waals surface area contributed by atoms with Gasteiger partial charge in [0.15, 0.2) is 0 Å². The van der Waals surface area contributed by atoms with Crippen molar-refractivity contribution in [2.45, 2.75) is 18.9 Å². The number of nitrogens with zero attached hydrogens (tertiary/aromatic N) is 3. The number of carbonyl (C=O) groups excluding carboxylic acids is 3. The molecule has 31 heavy (non-hydrogen) atoms. The van der Waals surface area contributed by atoms with Crippen LogP contribution < -0.4 is 10.6 Å². The fourth-order valence-corrected chi connectivity index (χ4v) is 3.88. The molecule has 2 aromatic heterocycles. The number of amides is 3. The Balaban J connectivity index is 1.56. The van der Waals surface area contributed by atoms with Gasteiger partial charge in [0, 0.05) is 36.9 Å². The van der Waals surface area contributed by atoms with E-state index in [9.17, 15) is 14.4 Å². The van der Waals surface area contributed by atoms with Crippen molar-refractivity contribution in [1.82, 2.24) is 25.5 Å². The molecule has 1 unspecified atom stereocenters. The van der Waals surface area contributed by atoms with Crippen molar-refractivity contribution < 1.29 is 14.4 Å². The molecule has 3 heterocycles. The van der Waals surface area contributed by atoms with Crippen LogP contribution in [0.3, 0.4) is 0 Å². The third-order valence-corrected chi connectivity index (χ3v) is 5.44. The van der Waals surface area contributed by atoms with Gasteiger partial charge in [-0.15, -0.1) is 0 Å². The van der Waals surface area contributed by atoms with Crippen LogP contribution in [0.2, 0.25) is 0 Å². The van der Waals surface area contributed by atoms with Crippen molar-refractivity contribution >= 4 is 28.6 Å². The SMILES string of the molecule is CNC(=O)C1CCCN1C(=O)CNC(=O)c1cc(-c2cccnc2)nc2ccccc12. The average molecular weight is 417 g/mol. The van der Waals surface area contributed by atoms with Crippen molar-refractivity contribution in [1.29, 1.82) is 0 Å². The minimum absolute atomic E-state index is 0.175. The van der Waals surface area contributed by atoms with Crippen molar-refractivity contribution in [2.75, 3.05) is 20.1 Å².